The summed E-state index contributed by atoms with van der Waals surface area (Å²) in [5, 5.41) is 1.63. The van der Waals surface area contributed by atoms with Gasteiger partial charge < -0.3 is 14.5 Å². The largest absolute Gasteiger partial charge is 0.468 e. The van der Waals surface area contributed by atoms with E-state index in [1.165, 1.54) is 29.3 Å². The van der Waals surface area contributed by atoms with Gasteiger partial charge in [-0.3, -0.25) is 9.59 Å². The number of thioether (sulfide) groups is 1. The number of carbonyl (C=O) groups is 2. The molecule has 1 fully saturated rings. The van der Waals surface area contributed by atoms with Gasteiger partial charge >= 0.3 is 5.97 Å². The van der Waals surface area contributed by atoms with Gasteiger partial charge in [0.25, 0.3) is 0 Å². The van der Waals surface area contributed by atoms with Gasteiger partial charge in [-0.1, -0.05) is 37.3 Å². The lowest BCUT2D eigenvalue weighted by Crippen LogP contribution is -2.49. The van der Waals surface area contributed by atoms with Crippen molar-refractivity contribution in [2.24, 2.45) is 5.92 Å². The fourth-order valence-corrected chi connectivity index (χ4v) is 5.49. The summed E-state index contributed by atoms with van der Waals surface area (Å²) in [6.45, 7) is 11.2. The summed E-state index contributed by atoms with van der Waals surface area (Å²) >= 11 is 2.96. The van der Waals surface area contributed by atoms with Crippen molar-refractivity contribution in [3.8, 4) is 0 Å². The number of hydrogen-bond donors (Lipinski definition) is 0. The maximum atomic E-state index is 12.7. The number of allylic oxidation sites excluding steroid dienone is 2. The average molecular weight is 477 g/mol. The van der Waals surface area contributed by atoms with Crippen LogP contribution in [-0.2, 0) is 20.7 Å². The predicted molar refractivity (Wildman–Crippen MR) is 132 cm³/mol. The van der Waals surface area contributed by atoms with Crippen LogP contribution in [0.4, 0.5) is 5.82 Å². The number of carbonyl (C=O) groups excluding carboxylic acids is 2. The molecule has 1 aliphatic heterocycles. The maximum Gasteiger partial charge on any atom is 0.316 e. The number of anilines is 1. The Bertz CT molecular complexity index is 993. The highest BCUT2D eigenvalue weighted by atomic mass is 32.2. The fraction of sp³-hybridized carbons (Fsp3) is 0.565. The van der Waals surface area contributed by atoms with E-state index < -0.39 is 0 Å². The first-order valence-electron chi connectivity index (χ1n) is 11.0. The second-order valence-electron chi connectivity index (χ2n) is 8.27. The molecule has 0 radical (unpaired) electrons. The van der Waals surface area contributed by atoms with Crippen molar-refractivity contribution in [2.45, 2.75) is 45.7 Å². The van der Waals surface area contributed by atoms with Gasteiger partial charge in [0.15, 0.2) is 5.16 Å². The number of esters is 1. The normalized spacial score (nSPS) is 15.0. The summed E-state index contributed by atoms with van der Waals surface area (Å²) in [5.74, 6) is 1.23. The van der Waals surface area contributed by atoms with E-state index >= 15 is 0 Å². The van der Waals surface area contributed by atoms with Gasteiger partial charge in [0.1, 0.15) is 10.6 Å². The molecule has 3 heterocycles. The molecule has 2 aromatic heterocycles. The van der Waals surface area contributed by atoms with Gasteiger partial charge in [0, 0.05) is 37.5 Å². The quantitative estimate of drug-likeness (QED) is 0.245. The molecule has 0 N–H and O–H groups in total. The number of ether oxygens (including phenoxy) is 1. The van der Waals surface area contributed by atoms with E-state index in [-0.39, 0.29) is 23.5 Å². The third-order valence-corrected chi connectivity index (χ3v) is 7.34. The zero-order valence-corrected chi connectivity index (χ0v) is 21.1. The number of methoxy groups -OCH3 is 1. The molecule has 0 bridgehead atoms. The smallest absolute Gasteiger partial charge is 0.316 e. The number of thiophene rings is 1. The molecule has 0 spiro atoms. The van der Waals surface area contributed by atoms with Crippen molar-refractivity contribution < 1.29 is 14.3 Å². The van der Waals surface area contributed by atoms with Crippen LogP contribution in [0, 0.1) is 5.92 Å². The lowest BCUT2D eigenvalue weighted by atomic mass is 10.0. The highest BCUT2D eigenvalue weighted by Crippen LogP contribution is 2.34. The van der Waals surface area contributed by atoms with Crippen molar-refractivity contribution in [1.29, 1.82) is 0 Å². The number of amides is 1. The Morgan fingerprint density at radius 3 is 2.59 bits per heavy atom. The van der Waals surface area contributed by atoms with Gasteiger partial charge in [0.05, 0.1) is 18.2 Å². The SMILES string of the molecule is CCc1cc2c(N3CCN(C(=O)CC(C)C=C(C)C)CC3)nc(SCC(=O)OC)nc2s1. The zero-order valence-electron chi connectivity index (χ0n) is 19.5. The Balaban J connectivity index is 1.74. The minimum absolute atomic E-state index is 0.180. The van der Waals surface area contributed by atoms with Crippen LogP contribution in [0.2, 0.25) is 0 Å². The number of rotatable bonds is 8. The lowest BCUT2D eigenvalue weighted by Gasteiger charge is -2.36. The summed E-state index contributed by atoms with van der Waals surface area (Å²) in [6, 6.07) is 2.17. The summed E-state index contributed by atoms with van der Waals surface area (Å²) in [6.07, 6.45) is 3.64. The highest BCUT2D eigenvalue weighted by molar-refractivity contribution is 7.99. The Morgan fingerprint density at radius 1 is 1.25 bits per heavy atom. The van der Waals surface area contributed by atoms with E-state index in [2.05, 4.69) is 49.7 Å². The molecule has 7 nitrogen and oxygen atoms in total. The Kier molecular flexibility index (Phi) is 8.53. The number of hydrogen-bond acceptors (Lipinski definition) is 8. The monoisotopic (exact) mass is 476 g/mol. The van der Waals surface area contributed by atoms with Gasteiger partial charge in [-0.25, -0.2) is 9.97 Å². The first-order valence-corrected chi connectivity index (χ1v) is 12.8. The standard InChI is InChI=1S/C23H32N4O3S2/c1-6-17-13-18-21(24-23(25-22(18)32-17)31-14-20(29)30-5)27-9-7-26(8-10-27)19(28)12-16(4)11-15(2)3/h11,13,16H,6-10,12,14H2,1-5H3. The van der Waals surface area contributed by atoms with E-state index in [1.54, 1.807) is 11.3 Å². The van der Waals surface area contributed by atoms with Crippen LogP contribution >= 0.6 is 23.1 Å². The zero-order chi connectivity index (χ0) is 23.3. The number of nitrogens with zero attached hydrogens (tertiary/aromatic N) is 4. The van der Waals surface area contributed by atoms with Gasteiger partial charge in [-0.15, -0.1) is 11.3 Å². The number of aromatic nitrogens is 2. The molecule has 3 rings (SSSR count). The van der Waals surface area contributed by atoms with Crippen molar-refractivity contribution >= 4 is 51.0 Å². The second kappa shape index (κ2) is 11.1. The molecular formula is C23H32N4O3S2. The molecular weight excluding hydrogens is 444 g/mol. The van der Waals surface area contributed by atoms with E-state index in [0.717, 1.165) is 35.5 Å². The molecule has 9 heteroatoms. The molecule has 1 atom stereocenters. The minimum Gasteiger partial charge on any atom is -0.468 e. The number of piperazine rings is 1. The van der Waals surface area contributed by atoms with Crippen LogP contribution in [0.25, 0.3) is 10.2 Å². The Morgan fingerprint density at radius 2 is 1.97 bits per heavy atom. The van der Waals surface area contributed by atoms with Gasteiger partial charge in [0.2, 0.25) is 5.91 Å². The number of fused-ring (bicyclic) bond motifs is 1. The molecule has 1 amide bonds. The third kappa shape index (κ3) is 6.22. The predicted octanol–water partition coefficient (Wildman–Crippen LogP) is 4.16. The highest BCUT2D eigenvalue weighted by Gasteiger charge is 2.25. The van der Waals surface area contributed by atoms with Gasteiger partial charge in [-0.2, -0.15) is 0 Å². The summed E-state index contributed by atoms with van der Waals surface area (Å²) in [4.78, 5) is 40.2. The first-order chi connectivity index (χ1) is 15.3. The van der Waals surface area contributed by atoms with Crippen molar-refractivity contribution in [3.63, 3.8) is 0 Å². The second-order valence-corrected chi connectivity index (χ2v) is 10.3. The average Bonchev–Trinajstić information content (AvgIpc) is 3.19. The minimum atomic E-state index is -0.296. The Labute approximate surface area is 198 Å². The Hall–Kier alpha value is -2.13. The molecule has 32 heavy (non-hydrogen) atoms. The van der Waals surface area contributed by atoms with Crippen LogP contribution in [-0.4, -0.2) is 65.8 Å². The number of aryl methyl sites for hydroxylation is 1. The van der Waals surface area contributed by atoms with E-state index in [0.29, 0.717) is 24.7 Å². The van der Waals surface area contributed by atoms with Crippen LogP contribution in [0.5, 0.6) is 0 Å². The molecule has 0 saturated carbocycles. The molecule has 0 aromatic carbocycles. The van der Waals surface area contributed by atoms with Crippen molar-refractivity contribution in [1.82, 2.24) is 14.9 Å². The topological polar surface area (TPSA) is 75.6 Å². The van der Waals surface area contributed by atoms with E-state index in [1.807, 2.05) is 4.90 Å². The molecule has 1 unspecified atom stereocenters. The van der Waals surface area contributed by atoms with Crippen molar-refractivity contribution in [2.75, 3.05) is 43.9 Å². The van der Waals surface area contributed by atoms with Crippen LogP contribution in [0.15, 0.2) is 22.9 Å². The van der Waals surface area contributed by atoms with Crippen LogP contribution < -0.4 is 4.90 Å². The first kappa shape index (κ1) is 24.5. The summed E-state index contributed by atoms with van der Waals surface area (Å²) in [7, 11) is 1.38. The lowest BCUT2D eigenvalue weighted by molar-refractivity contribution is -0.137. The summed E-state index contributed by atoms with van der Waals surface area (Å²) < 4.78 is 4.75. The maximum absolute atomic E-state index is 12.7. The van der Waals surface area contributed by atoms with E-state index in [9.17, 15) is 9.59 Å². The van der Waals surface area contributed by atoms with E-state index in [4.69, 9.17) is 9.72 Å². The fourth-order valence-electron chi connectivity index (χ4n) is 3.80. The molecule has 2 aromatic rings. The van der Waals surface area contributed by atoms with Crippen molar-refractivity contribution in [3.05, 3.63) is 22.6 Å². The van der Waals surface area contributed by atoms with Gasteiger partial charge in [-0.05, 0) is 32.3 Å². The molecule has 1 aliphatic rings. The summed E-state index contributed by atoms with van der Waals surface area (Å²) in [5.41, 5.74) is 1.24. The molecule has 1 saturated heterocycles. The third-order valence-electron chi connectivity index (χ3n) is 5.34. The molecule has 174 valence electrons. The molecule has 0 aliphatic carbocycles. The van der Waals surface area contributed by atoms with Crippen LogP contribution in [0.1, 0.15) is 39.0 Å². The van der Waals surface area contributed by atoms with Crippen LogP contribution in [0.3, 0.4) is 0 Å².